The summed E-state index contributed by atoms with van der Waals surface area (Å²) < 4.78 is 0. The second-order valence-electron chi connectivity index (χ2n) is 5.30. The SMILES string of the molecule is CCc1ccc(C(=O)C2CCC(C(=O)O)CC2)cc1. The number of Topliss-reactive ketones (excluding diaryl/α,β-unsaturated/α-hetero) is 1. The molecule has 1 aliphatic carbocycles. The zero-order valence-corrected chi connectivity index (χ0v) is 11.3. The average Bonchev–Trinajstić information content (AvgIpc) is 2.46. The average molecular weight is 260 g/mol. The summed E-state index contributed by atoms with van der Waals surface area (Å²) in [5.74, 6) is -0.806. The number of carbonyl (C=O) groups is 2. The molecule has 1 N–H and O–H groups in total. The van der Waals surface area contributed by atoms with E-state index in [1.165, 1.54) is 5.56 Å². The van der Waals surface area contributed by atoms with Crippen LogP contribution in [-0.4, -0.2) is 16.9 Å². The Hall–Kier alpha value is -1.64. The molecule has 102 valence electrons. The van der Waals surface area contributed by atoms with Gasteiger partial charge in [0, 0.05) is 11.5 Å². The molecule has 2 rings (SSSR count). The lowest BCUT2D eigenvalue weighted by atomic mass is 9.78. The molecule has 0 unspecified atom stereocenters. The number of carboxylic acid groups (broad SMARTS) is 1. The highest BCUT2D eigenvalue weighted by Gasteiger charge is 2.30. The van der Waals surface area contributed by atoms with Gasteiger partial charge in [0.25, 0.3) is 0 Å². The Kier molecular flexibility index (Phi) is 4.35. The molecular weight excluding hydrogens is 240 g/mol. The first-order valence-corrected chi connectivity index (χ1v) is 6.97. The van der Waals surface area contributed by atoms with E-state index in [1.54, 1.807) is 0 Å². The fourth-order valence-corrected chi connectivity index (χ4v) is 2.74. The number of benzene rings is 1. The molecule has 0 bridgehead atoms. The van der Waals surface area contributed by atoms with Crippen molar-refractivity contribution in [3.05, 3.63) is 35.4 Å². The first-order valence-electron chi connectivity index (χ1n) is 6.97. The van der Waals surface area contributed by atoms with E-state index in [-0.39, 0.29) is 17.6 Å². The van der Waals surface area contributed by atoms with Gasteiger partial charge in [0.15, 0.2) is 5.78 Å². The predicted octanol–water partition coefficient (Wildman–Crippen LogP) is 3.32. The summed E-state index contributed by atoms with van der Waals surface area (Å²) in [6.07, 6.45) is 3.62. The number of rotatable bonds is 4. The summed E-state index contributed by atoms with van der Waals surface area (Å²) in [5, 5.41) is 8.95. The second kappa shape index (κ2) is 6.00. The van der Waals surface area contributed by atoms with E-state index in [0.29, 0.717) is 25.7 Å². The molecule has 0 heterocycles. The highest BCUT2D eigenvalue weighted by molar-refractivity contribution is 5.98. The van der Waals surface area contributed by atoms with Gasteiger partial charge < -0.3 is 5.11 Å². The zero-order chi connectivity index (χ0) is 13.8. The number of hydrogen-bond acceptors (Lipinski definition) is 2. The predicted molar refractivity (Wildman–Crippen MR) is 73.2 cm³/mol. The molecule has 0 aromatic heterocycles. The zero-order valence-electron chi connectivity index (χ0n) is 11.3. The summed E-state index contributed by atoms with van der Waals surface area (Å²) in [6, 6.07) is 7.78. The minimum absolute atomic E-state index is 0.00285. The minimum Gasteiger partial charge on any atom is -0.481 e. The third-order valence-electron chi connectivity index (χ3n) is 4.09. The van der Waals surface area contributed by atoms with Crippen LogP contribution in [0.4, 0.5) is 0 Å². The molecule has 1 aromatic carbocycles. The van der Waals surface area contributed by atoms with Crippen LogP contribution in [0.1, 0.15) is 48.5 Å². The standard InChI is InChI=1S/C16H20O3/c1-2-11-3-5-12(6-4-11)15(17)13-7-9-14(10-8-13)16(18)19/h3-6,13-14H,2,7-10H2,1H3,(H,18,19). The van der Waals surface area contributed by atoms with Crippen LogP contribution in [0, 0.1) is 11.8 Å². The smallest absolute Gasteiger partial charge is 0.306 e. The molecule has 1 aliphatic rings. The fraction of sp³-hybridized carbons (Fsp3) is 0.500. The number of carbonyl (C=O) groups excluding carboxylic acids is 1. The van der Waals surface area contributed by atoms with Crippen molar-refractivity contribution in [2.45, 2.75) is 39.0 Å². The Morgan fingerprint density at radius 1 is 1.05 bits per heavy atom. The van der Waals surface area contributed by atoms with E-state index in [4.69, 9.17) is 5.11 Å². The summed E-state index contributed by atoms with van der Waals surface area (Å²) in [5.41, 5.74) is 1.99. The summed E-state index contributed by atoms with van der Waals surface area (Å²) in [4.78, 5) is 23.2. The van der Waals surface area contributed by atoms with E-state index >= 15 is 0 Å². The number of hydrogen-bond donors (Lipinski definition) is 1. The Balaban J connectivity index is 1.98. The van der Waals surface area contributed by atoms with Crippen LogP contribution >= 0.6 is 0 Å². The Labute approximate surface area is 113 Å². The van der Waals surface area contributed by atoms with Gasteiger partial charge in [-0.15, -0.1) is 0 Å². The summed E-state index contributed by atoms with van der Waals surface area (Å²) in [7, 11) is 0. The maximum Gasteiger partial charge on any atom is 0.306 e. The number of aryl methyl sites for hydroxylation is 1. The quantitative estimate of drug-likeness (QED) is 0.845. The normalized spacial score (nSPS) is 23.0. The third kappa shape index (κ3) is 3.22. The van der Waals surface area contributed by atoms with Crippen LogP contribution in [0.5, 0.6) is 0 Å². The Morgan fingerprint density at radius 3 is 2.05 bits per heavy atom. The van der Waals surface area contributed by atoms with Crippen molar-refractivity contribution in [2.75, 3.05) is 0 Å². The summed E-state index contributed by atoms with van der Waals surface area (Å²) >= 11 is 0. The maximum absolute atomic E-state index is 12.3. The molecular formula is C16H20O3. The molecule has 1 saturated carbocycles. The molecule has 3 nitrogen and oxygen atoms in total. The number of aliphatic carboxylic acids is 1. The molecule has 0 saturated heterocycles. The van der Waals surface area contributed by atoms with Crippen LogP contribution in [0.2, 0.25) is 0 Å². The first kappa shape index (κ1) is 13.8. The van der Waals surface area contributed by atoms with Crippen molar-refractivity contribution < 1.29 is 14.7 Å². The molecule has 0 spiro atoms. The lowest BCUT2D eigenvalue weighted by molar-refractivity contribution is -0.143. The van der Waals surface area contributed by atoms with Crippen molar-refractivity contribution in [3.63, 3.8) is 0 Å². The van der Waals surface area contributed by atoms with Gasteiger partial charge in [-0.05, 0) is 37.7 Å². The van der Waals surface area contributed by atoms with Gasteiger partial charge in [-0.2, -0.15) is 0 Å². The number of ketones is 1. The van der Waals surface area contributed by atoms with E-state index in [0.717, 1.165) is 12.0 Å². The Bertz CT molecular complexity index is 453. The van der Waals surface area contributed by atoms with E-state index in [2.05, 4.69) is 6.92 Å². The summed E-state index contributed by atoms with van der Waals surface area (Å²) in [6.45, 7) is 2.09. The van der Waals surface area contributed by atoms with E-state index < -0.39 is 5.97 Å². The van der Waals surface area contributed by atoms with Crippen molar-refractivity contribution in [2.24, 2.45) is 11.8 Å². The van der Waals surface area contributed by atoms with Crippen LogP contribution in [0.3, 0.4) is 0 Å². The molecule has 0 aliphatic heterocycles. The lowest BCUT2D eigenvalue weighted by Crippen LogP contribution is -2.25. The van der Waals surface area contributed by atoms with Crippen molar-refractivity contribution >= 4 is 11.8 Å². The molecule has 1 fully saturated rings. The largest absolute Gasteiger partial charge is 0.481 e. The van der Waals surface area contributed by atoms with Crippen LogP contribution in [0.15, 0.2) is 24.3 Å². The van der Waals surface area contributed by atoms with Crippen molar-refractivity contribution in [1.82, 2.24) is 0 Å². The highest BCUT2D eigenvalue weighted by atomic mass is 16.4. The van der Waals surface area contributed by atoms with Crippen LogP contribution < -0.4 is 0 Å². The Morgan fingerprint density at radius 2 is 1.58 bits per heavy atom. The van der Waals surface area contributed by atoms with Crippen molar-refractivity contribution in [1.29, 1.82) is 0 Å². The lowest BCUT2D eigenvalue weighted by Gasteiger charge is -2.25. The van der Waals surface area contributed by atoms with Gasteiger partial charge in [0.1, 0.15) is 0 Å². The first-order chi connectivity index (χ1) is 9.11. The van der Waals surface area contributed by atoms with Crippen LogP contribution in [0.25, 0.3) is 0 Å². The molecule has 0 amide bonds. The van der Waals surface area contributed by atoms with Gasteiger partial charge in [0.05, 0.1) is 5.92 Å². The van der Waals surface area contributed by atoms with Gasteiger partial charge in [-0.1, -0.05) is 31.2 Å². The fourth-order valence-electron chi connectivity index (χ4n) is 2.74. The molecule has 0 atom stereocenters. The topological polar surface area (TPSA) is 54.4 Å². The van der Waals surface area contributed by atoms with E-state index in [1.807, 2.05) is 24.3 Å². The van der Waals surface area contributed by atoms with Crippen LogP contribution in [-0.2, 0) is 11.2 Å². The van der Waals surface area contributed by atoms with Crippen molar-refractivity contribution in [3.8, 4) is 0 Å². The monoisotopic (exact) mass is 260 g/mol. The highest BCUT2D eigenvalue weighted by Crippen LogP contribution is 2.31. The maximum atomic E-state index is 12.3. The molecule has 3 heteroatoms. The van der Waals surface area contributed by atoms with Gasteiger partial charge >= 0.3 is 5.97 Å². The second-order valence-corrected chi connectivity index (χ2v) is 5.30. The number of carboxylic acids is 1. The van der Waals surface area contributed by atoms with Gasteiger partial charge in [0.2, 0.25) is 0 Å². The molecule has 0 radical (unpaired) electrons. The van der Waals surface area contributed by atoms with Gasteiger partial charge in [-0.3, -0.25) is 9.59 Å². The van der Waals surface area contributed by atoms with Gasteiger partial charge in [-0.25, -0.2) is 0 Å². The molecule has 1 aromatic rings. The van der Waals surface area contributed by atoms with E-state index in [9.17, 15) is 9.59 Å². The third-order valence-corrected chi connectivity index (χ3v) is 4.09. The minimum atomic E-state index is -0.724. The molecule has 19 heavy (non-hydrogen) atoms.